The van der Waals surface area contributed by atoms with E-state index in [1.165, 1.54) is 0 Å². The van der Waals surface area contributed by atoms with Crippen LogP contribution in [0.1, 0.15) is 19.3 Å². The number of benzene rings is 1. The Morgan fingerprint density at radius 3 is 2.81 bits per heavy atom. The van der Waals surface area contributed by atoms with Crippen molar-refractivity contribution in [3.63, 3.8) is 0 Å². The van der Waals surface area contributed by atoms with Gasteiger partial charge in [0.2, 0.25) is 5.91 Å². The molecule has 5 nitrogen and oxygen atoms in total. The first-order chi connectivity index (χ1) is 9.99. The van der Waals surface area contributed by atoms with Crippen LogP contribution in [0.25, 0.3) is 0 Å². The van der Waals surface area contributed by atoms with Gasteiger partial charge in [-0.15, -0.1) is 0 Å². The van der Waals surface area contributed by atoms with E-state index in [1.807, 2.05) is 0 Å². The summed E-state index contributed by atoms with van der Waals surface area (Å²) in [4.78, 5) is 24.9. The fourth-order valence-electron chi connectivity index (χ4n) is 2.43. The number of carboxylic acids is 1. The third-order valence-corrected chi connectivity index (χ3v) is 4.29. The molecule has 0 spiro atoms. The highest BCUT2D eigenvalue weighted by atomic mass is 35.5. The topological polar surface area (TPSA) is 69.6 Å². The lowest BCUT2D eigenvalue weighted by molar-refractivity contribution is -0.145. The number of carboxylic acid groups (broad SMARTS) is 1. The van der Waals surface area contributed by atoms with Crippen molar-refractivity contribution in [1.29, 1.82) is 0 Å². The number of rotatable bonds is 4. The maximum Gasteiger partial charge on any atom is 0.320 e. The van der Waals surface area contributed by atoms with Gasteiger partial charge in [0.1, 0.15) is 6.04 Å². The van der Waals surface area contributed by atoms with E-state index in [0.29, 0.717) is 23.7 Å². The molecular formula is C14H16Cl2N2O3. The number of piperidine rings is 1. The molecule has 1 saturated heterocycles. The maximum atomic E-state index is 12.1. The Labute approximate surface area is 132 Å². The summed E-state index contributed by atoms with van der Waals surface area (Å²) in [6.07, 6.45) is 2.34. The lowest BCUT2D eigenvalue weighted by Gasteiger charge is -2.32. The summed E-state index contributed by atoms with van der Waals surface area (Å²) in [5.74, 6) is -1.18. The van der Waals surface area contributed by atoms with Gasteiger partial charge < -0.3 is 10.4 Å². The molecule has 2 N–H and O–H groups in total. The third kappa shape index (κ3) is 4.09. The van der Waals surface area contributed by atoms with Gasteiger partial charge in [-0.1, -0.05) is 35.7 Å². The monoisotopic (exact) mass is 330 g/mol. The van der Waals surface area contributed by atoms with Gasteiger partial charge >= 0.3 is 5.97 Å². The number of carbonyl (C=O) groups excluding carboxylic acids is 1. The largest absolute Gasteiger partial charge is 0.480 e. The summed E-state index contributed by atoms with van der Waals surface area (Å²) in [5, 5.41) is 12.5. The van der Waals surface area contributed by atoms with Crippen LogP contribution in [-0.4, -0.2) is 41.0 Å². The average Bonchev–Trinajstić information content (AvgIpc) is 2.44. The molecule has 1 fully saturated rings. The Hall–Kier alpha value is -1.30. The van der Waals surface area contributed by atoms with Gasteiger partial charge in [0.25, 0.3) is 0 Å². The quantitative estimate of drug-likeness (QED) is 0.890. The van der Waals surface area contributed by atoms with Crippen LogP contribution in [0.15, 0.2) is 18.2 Å². The fraction of sp³-hybridized carbons (Fsp3) is 0.429. The average molecular weight is 331 g/mol. The Kier molecular flexibility index (Phi) is 5.45. The SMILES string of the molecule is O=C(CN1CCCCC1C(=O)O)Nc1cccc(Cl)c1Cl. The molecule has 1 aliphatic rings. The minimum atomic E-state index is -0.886. The van der Waals surface area contributed by atoms with E-state index in [-0.39, 0.29) is 17.5 Å². The molecule has 1 atom stereocenters. The van der Waals surface area contributed by atoms with Gasteiger partial charge in [0.15, 0.2) is 0 Å². The number of nitrogens with one attached hydrogen (secondary N) is 1. The highest BCUT2D eigenvalue weighted by molar-refractivity contribution is 6.44. The number of carbonyl (C=O) groups is 2. The van der Waals surface area contributed by atoms with Gasteiger partial charge in [0, 0.05) is 0 Å². The van der Waals surface area contributed by atoms with Crippen LogP contribution >= 0.6 is 23.2 Å². The van der Waals surface area contributed by atoms with Crippen molar-refractivity contribution in [2.75, 3.05) is 18.4 Å². The first-order valence-electron chi connectivity index (χ1n) is 6.69. The summed E-state index contributed by atoms with van der Waals surface area (Å²) in [5.41, 5.74) is 0.429. The number of amides is 1. The third-order valence-electron chi connectivity index (χ3n) is 3.47. The minimum absolute atomic E-state index is 0.0276. The maximum absolute atomic E-state index is 12.1. The lowest BCUT2D eigenvalue weighted by atomic mass is 10.0. The molecule has 0 saturated carbocycles. The molecule has 0 radical (unpaired) electrons. The summed E-state index contributed by atoms with van der Waals surface area (Å²) in [7, 11) is 0. The van der Waals surface area contributed by atoms with E-state index in [0.717, 1.165) is 12.8 Å². The van der Waals surface area contributed by atoms with Crippen LogP contribution in [0.2, 0.25) is 10.0 Å². The smallest absolute Gasteiger partial charge is 0.320 e. The molecule has 0 bridgehead atoms. The number of likely N-dealkylation sites (tertiary alicyclic amines) is 1. The van der Waals surface area contributed by atoms with Crippen molar-refractivity contribution in [2.24, 2.45) is 0 Å². The second-order valence-electron chi connectivity index (χ2n) is 4.97. The number of hydrogen-bond acceptors (Lipinski definition) is 3. The van der Waals surface area contributed by atoms with Crippen molar-refractivity contribution in [3.05, 3.63) is 28.2 Å². The Morgan fingerprint density at radius 1 is 1.33 bits per heavy atom. The molecule has 114 valence electrons. The van der Waals surface area contributed by atoms with E-state index in [9.17, 15) is 14.7 Å². The van der Waals surface area contributed by atoms with Crippen LogP contribution in [0.5, 0.6) is 0 Å². The molecule has 0 aliphatic carbocycles. The van der Waals surface area contributed by atoms with Gasteiger partial charge in [0.05, 0.1) is 22.3 Å². The molecule has 7 heteroatoms. The number of aliphatic carboxylic acids is 1. The molecule has 1 amide bonds. The predicted octanol–water partition coefficient (Wildman–Crippen LogP) is 2.87. The Bertz CT molecular complexity index is 551. The van der Waals surface area contributed by atoms with Crippen molar-refractivity contribution in [3.8, 4) is 0 Å². The van der Waals surface area contributed by atoms with Gasteiger partial charge in [-0.3, -0.25) is 14.5 Å². The molecule has 1 aromatic rings. The molecule has 2 rings (SSSR count). The number of hydrogen-bond donors (Lipinski definition) is 2. The summed E-state index contributed by atoms with van der Waals surface area (Å²) >= 11 is 11.9. The molecule has 1 aromatic carbocycles. The zero-order chi connectivity index (χ0) is 15.4. The van der Waals surface area contributed by atoms with Gasteiger partial charge in [-0.25, -0.2) is 0 Å². The summed E-state index contributed by atoms with van der Waals surface area (Å²) < 4.78 is 0. The zero-order valence-corrected chi connectivity index (χ0v) is 12.8. The molecule has 1 unspecified atom stereocenters. The van der Waals surface area contributed by atoms with Crippen molar-refractivity contribution < 1.29 is 14.7 Å². The van der Waals surface area contributed by atoms with Crippen molar-refractivity contribution >= 4 is 40.8 Å². The molecule has 1 heterocycles. The Morgan fingerprint density at radius 2 is 2.10 bits per heavy atom. The number of halogens is 2. The first kappa shape index (κ1) is 16.1. The second-order valence-corrected chi connectivity index (χ2v) is 5.76. The zero-order valence-electron chi connectivity index (χ0n) is 11.3. The van der Waals surface area contributed by atoms with Crippen LogP contribution in [0.4, 0.5) is 5.69 Å². The van der Waals surface area contributed by atoms with Crippen LogP contribution < -0.4 is 5.32 Å². The predicted molar refractivity (Wildman–Crippen MR) is 81.9 cm³/mol. The highest BCUT2D eigenvalue weighted by Gasteiger charge is 2.29. The van der Waals surface area contributed by atoms with E-state index >= 15 is 0 Å². The molecule has 21 heavy (non-hydrogen) atoms. The summed E-state index contributed by atoms with van der Waals surface area (Å²) in [6, 6.07) is 4.37. The molecular weight excluding hydrogens is 315 g/mol. The van der Waals surface area contributed by atoms with Crippen molar-refractivity contribution in [2.45, 2.75) is 25.3 Å². The van der Waals surface area contributed by atoms with E-state index in [1.54, 1.807) is 23.1 Å². The Balaban J connectivity index is 2.00. The minimum Gasteiger partial charge on any atom is -0.480 e. The van der Waals surface area contributed by atoms with Gasteiger partial charge in [-0.05, 0) is 31.5 Å². The summed E-state index contributed by atoms with van der Waals surface area (Å²) in [6.45, 7) is 0.632. The van der Waals surface area contributed by atoms with Crippen LogP contribution in [0.3, 0.4) is 0 Å². The lowest BCUT2D eigenvalue weighted by Crippen LogP contribution is -2.47. The number of nitrogens with zero attached hydrogens (tertiary/aromatic N) is 1. The van der Waals surface area contributed by atoms with Crippen LogP contribution in [0, 0.1) is 0 Å². The highest BCUT2D eigenvalue weighted by Crippen LogP contribution is 2.29. The van der Waals surface area contributed by atoms with E-state index in [2.05, 4.69) is 5.32 Å². The number of anilines is 1. The molecule has 0 aromatic heterocycles. The first-order valence-corrected chi connectivity index (χ1v) is 7.45. The van der Waals surface area contributed by atoms with Gasteiger partial charge in [-0.2, -0.15) is 0 Å². The van der Waals surface area contributed by atoms with Crippen LogP contribution in [-0.2, 0) is 9.59 Å². The fourth-order valence-corrected chi connectivity index (χ4v) is 2.78. The van der Waals surface area contributed by atoms with Crippen molar-refractivity contribution in [1.82, 2.24) is 4.90 Å². The normalized spacial score (nSPS) is 19.2. The molecule has 1 aliphatic heterocycles. The standard InChI is InChI=1S/C14H16Cl2N2O3/c15-9-4-3-5-10(13(9)16)17-12(19)8-18-7-2-1-6-11(18)14(20)21/h3-5,11H,1-2,6-8H2,(H,17,19)(H,20,21). The second kappa shape index (κ2) is 7.11. The van der Waals surface area contributed by atoms with E-state index < -0.39 is 12.0 Å². The van der Waals surface area contributed by atoms with E-state index in [4.69, 9.17) is 23.2 Å².